The summed E-state index contributed by atoms with van der Waals surface area (Å²) in [4.78, 5) is 12.8. The minimum absolute atomic E-state index is 0.309. The smallest absolute Gasteiger partial charge is 0.260 e. The van der Waals surface area contributed by atoms with Gasteiger partial charge in [-0.25, -0.2) is 4.68 Å². The van der Waals surface area contributed by atoms with Gasteiger partial charge in [0.2, 0.25) is 0 Å². The van der Waals surface area contributed by atoms with Crippen LogP contribution >= 0.6 is 11.6 Å². The Bertz CT molecular complexity index is 978. The molecule has 1 heterocycles. The predicted octanol–water partition coefficient (Wildman–Crippen LogP) is 4.77. The summed E-state index contributed by atoms with van der Waals surface area (Å²) in [5.41, 5.74) is 4.82. The maximum atomic E-state index is 12.8. The van der Waals surface area contributed by atoms with Crippen molar-refractivity contribution >= 4 is 23.2 Å². The Labute approximate surface area is 163 Å². The van der Waals surface area contributed by atoms with E-state index in [0.717, 1.165) is 11.1 Å². The van der Waals surface area contributed by atoms with Crippen LogP contribution in [0.5, 0.6) is 5.75 Å². The molecule has 140 valence electrons. The van der Waals surface area contributed by atoms with Gasteiger partial charge in [0.15, 0.2) is 0 Å². The Balaban J connectivity index is 1.86. The molecule has 0 saturated carbocycles. The van der Waals surface area contributed by atoms with Gasteiger partial charge in [-0.1, -0.05) is 47.5 Å². The lowest BCUT2D eigenvalue weighted by molar-refractivity contribution is 0.102. The molecule has 27 heavy (non-hydrogen) atoms. The molecule has 1 amide bonds. The van der Waals surface area contributed by atoms with Crippen molar-refractivity contribution in [2.24, 2.45) is 0 Å². The van der Waals surface area contributed by atoms with Gasteiger partial charge in [-0.2, -0.15) is 5.10 Å². The minimum Gasteiger partial charge on any atom is -0.495 e. The molecule has 0 bridgehead atoms. The van der Waals surface area contributed by atoms with Gasteiger partial charge in [-0.3, -0.25) is 4.79 Å². The van der Waals surface area contributed by atoms with Crippen LogP contribution in [0.15, 0.2) is 42.5 Å². The first-order chi connectivity index (χ1) is 12.9. The highest BCUT2D eigenvalue weighted by Crippen LogP contribution is 2.28. The number of anilines is 1. The van der Waals surface area contributed by atoms with Crippen LogP contribution in [0.25, 0.3) is 0 Å². The zero-order valence-electron chi connectivity index (χ0n) is 15.8. The summed E-state index contributed by atoms with van der Waals surface area (Å²) in [5.74, 6) is 0.284. The van der Waals surface area contributed by atoms with E-state index in [9.17, 15) is 4.79 Å². The Morgan fingerprint density at radius 2 is 1.78 bits per heavy atom. The van der Waals surface area contributed by atoms with Crippen LogP contribution in [-0.2, 0) is 6.54 Å². The molecule has 0 aliphatic rings. The number of carbonyl (C=O) groups excluding carboxylic acids is 1. The van der Waals surface area contributed by atoms with Gasteiger partial charge < -0.3 is 10.1 Å². The number of aryl methyl sites for hydroxylation is 3. The van der Waals surface area contributed by atoms with Crippen LogP contribution in [0.4, 0.5) is 5.69 Å². The van der Waals surface area contributed by atoms with E-state index in [1.165, 1.54) is 5.56 Å². The number of carbonyl (C=O) groups is 1. The number of methoxy groups -OCH3 is 1. The summed E-state index contributed by atoms with van der Waals surface area (Å²) in [5, 5.41) is 7.64. The number of nitrogens with zero attached hydrogens (tertiary/aromatic N) is 2. The summed E-state index contributed by atoms with van der Waals surface area (Å²) in [6.07, 6.45) is 0. The standard InChI is InChI=1S/C21H22ClN3O2/c1-13-5-8-16(9-6-13)12-25-20(22)19(15(3)24-25)21(26)23-17-11-14(2)7-10-18(17)27-4/h5-11H,12H2,1-4H3,(H,23,26). The summed E-state index contributed by atoms with van der Waals surface area (Å²) in [6.45, 7) is 6.27. The highest BCUT2D eigenvalue weighted by molar-refractivity contribution is 6.33. The highest BCUT2D eigenvalue weighted by atomic mass is 35.5. The number of hydrogen-bond acceptors (Lipinski definition) is 3. The third kappa shape index (κ3) is 4.14. The molecule has 0 saturated heterocycles. The monoisotopic (exact) mass is 383 g/mol. The van der Waals surface area contributed by atoms with E-state index >= 15 is 0 Å². The molecule has 0 unspecified atom stereocenters. The van der Waals surface area contributed by atoms with Gasteiger partial charge in [0.05, 0.1) is 30.6 Å². The van der Waals surface area contributed by atoms with Crippen molar-refractivity contribution in [3.8, 4) is 5.75 Å². The van der Waals surface area contributed by atoms with E-state index in [0.29, 0.717) is 34.4 Å². The Morgan fingerprint density at radius 3 is 2.44 bits per heavy atom. The number of nitrogens with one attached hydrogen (secondary N) is 1. The largest absolute Gasteiger partial charge is 0.495 e. The van der Waals surface area contributed by atoms with Crippen LogP contribution < -0.4 is 10.1 Å². The third-order valence-corrected chi connectivity index (χ3v) is 4.73. The molecule has 0 spiro atoms. The van der Waals surface area contributed by atoms with Crippen molar-refractivity contribution in [1.82, 2.24) is 9.78 Å². The maximum absolute atomic E-state index is 12.8. The van der Waals surface area contributed by atoms with Crippen molar-refractivity contribution < 1.29 is 9.53 Å². The first-order valence-corrected chi connectivity index (χ1v) is 9.01. The lowest BCUT2D eigenvalue weighted by Crippen LogP contribution is -2.14. The average Bonchev–Trinajstić information content (AvgIpc) is 2.90. The second-order valence-corrected chi connectivity index (χ2v) is 6.91. The number of benzene rings is 2. The molecule has 2 aromatic carbocycles. The van der Waals surface area contributed by atoms with Crippen molar-refractivity contribution in [2.45, 2.75) is 27.3 Å². The van der Waals surface area contributed by atoms with Gasteiger partial charge >= 0.3 is 0 Å². The lowest BCUT2D eigenvalue weighted by Gasteiger charge is -2.11. The quantitative estimate of drug-likeness (QED) is 0.690. The zero-order chi connectivity index (χ0) is 19.6. The molecular formula is C21H22ClN3O2. The van der Waals surface area contributed by atoms with Crippen molar-refractivity contribution in [3.05, 3.63) is 75.6 Å². The van der Waals surface area contributed by atoms with E-state index in [-0.39, 0.29) is 5.91 Å². The Kier molecular flexibility index (Phi) is 5.51. The number of amides is 1. The molecule has 1 N–H and O–H groups in total. The number of rotatable bonds is 5. The van der Waals surface area contributed by atoms with Crippen LogP contribution in [-0.4, -0.2) is 22.8 Å². The molecule has 0 atom stereocenters. The molecular weight excluding hydrogens is 362 g/mol. The summed E-state index contributed by atoms with van der Waals surface area (Å²) >= 11 is 6.49. The summed E-state index contributed by atoms with van der Waals surface area (Å²) < 4.78 is 6.97. The van der Waals surface area contributed by atoms with Gasteiger partial charge in [0.25, 0.3) is 5.91 Å². The summed E-state index contributed by atoms with van der Waals surface area (Å²) in [7, 11) is 1.57. The molecule has 0 radical (unpaired) electrons. The average molecular weight is 384 g/mol. The zero-order valence-corrected chi connectivity index (χ0v) is 16.6. The molecule has 1 aromatic heterocycles. The second-order valence-electron chi connectivity index (χ2n) is 6.55. The fourth-order valence-corrected chi connectivity index (χ4v) is 3.21. The van der Waals surface area contributed by atoms with E-state index in [1.54, 1.807) is 18.7 Å². The predicted molar refractivity (Wildman–Crippen MR) is 108 cm³/mol. The van der Waals surface area contributed by atoms with E-state index in [1.807, 2.05) is 56.3 Å². The molecule has 0 fully saturated rings. The molecule has 5 nitrogen and oxygen atoms in total. The number of ether oxygens (including phenoxy) is 1. The van der Waals surface area contributed by atoms with Gasteiger partial charge in [0.1, 0.15) is 10.9 Å². The van der Waals surface area contributed by atoms with Gasteiger partial charge in [0, 0.05) is 0 Å². The van der Waals surface area contributed by atoms with Gasteiger partial charge in [-0.15, -0.1) is 0 Å². The third-order valence-electron chi connectivity index (χ3n) is 4.35. The van der Waals surface area contributed by atoms with Crippen molar-refractivity contribution in [2.75, 3.05) is 12.4 Å². The number of hydrogen-bond donors (Lipinski definition) is 1. The van der Waals surface area contributed by atoms with Crippen LogP contribution in [0.2, 0.25) is 5.15 Å². The highest BCUT2D eigenvalue weighted by Gasteiger charge is 2.21. The first kappa shape index (κ1) is 19.0. The SMILES string of the molecule is COc1ccc(C)cc1NC(=O)c1c(C)nn(Cc2ccc(C)cc2)c1Cl. The van der Waals surface area contributed by atoms with E-state index in [2.05, 4.69) is 10.4 Å². The Morgan fingerprint density at radius 1 is 1.11 bits per heavy atom. The minimum atomic E-state index is -0.309. The fraction of sp³-hybridized carbons (Fsp3) is 0.238. The fourth-order valence-electron chi connectivity index (χ4n) is 2.89. The molecule has 0 aliphatic carbocycles. The van der Waals surface area contributed by atoms with E-state index < -0.39 is 0 Å². The Hall–Kier alpha value is -2.79. The molecule has 0 aliphatic heterocycles. The van der Waals surface area contributed by atoms with E-state index in [4.69, 9.17) is 16.3 Å². The maximum Gasteiger partial charge on any atom is 0.260 e. The molecule has 3 aromatic rings. The first-order valence-electron chi connectivity index (χ1n) is 8.63. The molecule has 6 heteroatoms. The van der Waals surface area contributed by atoms with Crippen molar-refractivity contribution in [3.63, 3.8) is 0 Å². The lowest BCUT2D eigenvalue weighted by atomic mass is 10.1. The topological polar surface area (TPSA) is 56.1 Å². The number of halogens is 1. The normalized spacial score (nSPS) is 10.7. The molecule has 3 rings (SSSR count). The van der Waals surface area contributed by atoms with Crippen molar-refractivity contribution in [1.29, 1.82) is 0 Å². The van der Waals surface area contributed by atoms with Gasteiger partial charge in [-0.05, 0) is 44.0 Å². The van der Waals surface area contributed by atoms with Crippen LogP contribution in [0.1, 0.15) is 32.7 Å². The second kappa shape index (κ2) is 7.84. The van der Waals surface area contributed by atoms with Crippen LogP contribution in [0, 0.1) is 20.8 Å². The van der Waals surface area contributed by atoms with Crippen LogP contribution in [0.3, 0.4) is 0 Å². The summed E-state index contributed by atoms with van der Waals surface area (Å²) in [6, 6.07) is 13.7. The number of aromatic nitrogens is 2.